The number of hydrogen-bond acceptors (Lipinski definition) is 5. The Kier molecular flexibility index (Phi) is 9.39. The van der Waals surface area contributed by atoms with Gasteiger partial charge in [-0.15, -0.1) is 0 Å². The van der Waals surface area contributed by atoms with Crippen LogP contribution in [0.5, 0.6) is 0 Å². The monoisotopic (exact) mass is 329 g/mol. The molecule has 0 radical (unpaired) electrons. The van der Waals surface area contributed by atoms with Gasteiger partial charge < -0.3 is 29.5 Å². The maximum atomic E-state index is 11.7. The van der Waals surface area contributed by atoms with Crippen molar-refractivity contribution >= 4 is 12.1 Å². The summed E-state index contributed by atoms with van der Waals surface area (Å²) in [6.07, 6.45) is -0.227. The van der Waals surface area contributed by atoms with Crippen molar-refractivity contribution in [3.05, 3.63) is 0 Å². The highest BCUT2D eigenvalue weighted by Crippen LogP contribution is 2.04. The van der Waals surface area contributed by atoms with Crippen LogP contribution in [0.4, 0.5) is 4.79 Å². The SMILES string of the molecule is CCOC(=O)N1CCN(C(=NC)NCCN(C)CCOC)CC1. The molecule has 1 fully saturated rings. The van der Waals surface area contributed by atoms with Crippen LogP contribution in [-0.2, 0) is 9.47 Å². The standard InChI is InChI=1S/C15H31N5O3/c1-5-23-15(21)20-10-8-19(9-11-20)14(16-2)17-6-7-18(3)12-13-22-4/h5-13H2,1-4H3,(H,16,17). The Balaban J connectivity index is 2.30. The molecule has 134 valence electrons. The summed E-state index contributed by atoms with van der Waals surface area (Å²) >= 11 is 0. The van der Waals surface area contributed by atoms with Crippen molar-refractivity contribution in [1.29, 1.82) is 0 Å². The van der Waals surface area contributed by atoms with E-state index in [4.69, 9.17) is 9.47 Å². The van der Waals surface area contributed by atoms with E-state index in [9.17, 15) is 4.79 Å². The highest BCUT2D eigenvalue weighted by atomic mass is 16.6. The van der Waals surface area contributed by atoms with Gasteiger partial charge in [-0.1, -0.05) is 0 Å². The third kappa shape index (κ3) is 7.04. The number of methoxy groups -OCH3 is 1. The molecule has 0 bridgehead atoms. The Morgan fingerprint density at radius 3 is 2.43 bits per heavy atom. The van der Waals surface area contributed by atoms with Crippen molar-refractivity contribution in [2.75, 3.05) is 80.2 Å². The molecule has 0 atom stereocenters. The minimum Gasteiger partial charge on any atom is -0.450 e. The lowest BCUT2D eigenvalue weighted by atomic mass is 10.3. The summed E-state index contributed by atoms with van der Waals surface area (Å²) in [6.45, 7) is 8.48. The lowest BCUT2D eigenvalue weighted by Crippen LogP contribution is -2.54. The molecule has 8 nitrogen and oxygen atoms in total. The second-order valence-corrected chi connectivity index (χ2v) is 5.44. The smallest absolute Gasteiger partial charge is 0.409 e. The van der Waals surface area contributed by atoms with Gasteiger partial charge in [-0.2, -0.15) is 0 Å². The number of carbonyl (C=O) groups is 1. The fourth-order valence-electron chi connectivity index (χ4n) is 2.37. The molecule has 0 spiro atoms. The van der Waals surface area contributed by atoms with E-state index in [2.05, 4.69) is 27.2 Å². The van der Waals surface area contributed by atoms with E-state index >= 15 is 0 Å². The maximum absolute atomic E-state index is 11.7. The number of aliphatic imine (C=N–C) groups is 1. The first kappa shape index (κ1) is 19.5. The molecule has 8 heteroatoms. The third-order valence-corrected chi connectivity index (χ3v) is 3.77. The van der Waals surface area contributed by atoms with Crippen LogP contribution in [0.1, 0.15) is 6.92 Å². The Hall–Kier alpha value is -1.54. The number of ether oxygens (including phenoxy) is 2. The summed E-state index contributed by atoms with van der Waals surface area (Å²) < 4.78 is 10.1. The van der Waals surface area contributed by atoms with Crippen LogP contribution in [0, 0.1) is 0 Å². The Bertz CT molecular complexity index is 370. The van der Waals surface area contributed by atoms with Crippen molar-refractivity contribution in [3.63, 3.8) is 0 Å². The highest BCUT2D eigenvalue weighted by molar-refractivity contribution is 5.80. The van der Waals surface area contributed by atoms with Crippen LogP contribution in [0.15, 0.2) is 4.99 Å². The van der Waals surface area contributed by atoms with E-state index in [1.54, 1.807) is 19.1 Å². The van der Waals surface area contributed by atoms with E-state index in [1.807, 2.05) is 6.92 Å². The quantitative estimate of drug-likeness (QED) is 0.520. The zero-order chi connectivity index (χ0) is 17.1. The Morgan fingerprint density at radius 2 is 1.87 bits per heavy atom. The Morgan fingerprint density at radius 1 is 1.22 bits per heavy atom. The number of piperazine rings is 1. The van der Waals surface area contributed by atoms with Crippen LogP contribution in [0.25, 0.3) is 0 Å². The molecule has 1 aliphatic heterocycles. The first-order valence-electron chi connectivity index (χ1n) is 8.17. The molecule has 0 aromatic carbocycles. The van der Waals surface area contributed by atoms with Gasteiger partial charge in [0.15, 0.2) is 5.96 Å². The third-order valence-electron chi connectivity index (χ3n) is 3.77. The van der Waals surface area contributed by atoms with Gasteiger partial charge in [0.1, 0.15) is 0 Å². The summed E-state index contributed by atoms with van der Waals surface area (Å²) in [6, 6.07) is 0. The summed E-state index contributed by atoms with van der Waals surface area (Å²) in [5.74, 6) is 0.883. The molecular formula is C15H31N5O3. The molecule has 0 unspecified atom stereocenters. The molecule has 1 rings (SSSR count). The zero-order valence-corrected chi connectivity index (χ0v) is 14.9. The second kappa shape index (κ2) is 11.1. The topological polar surface area (TPSA) is 69.6 Å². The van der Waals surface area contributed by atoms with Gasteiger partial charge in [0, 0.05) is 60.0 Å². The minimum atomic E-state index is -0.227. The van der Waals surface area contributed by atoms with Crippen molar-refractivity contribution in [2.45, 2.75) is 6.92 Å². The van der Waals surface area contributed by atoms with E-state index < -0.39 is 0 Å². The van der Waals surface area contributed by atoms with E-state index in [0.717, 1.165) is 45.3 Å². The molecule has 1 aliphatic rings. The number of nitrogens with one attached hydrogen (secondary N) is 1. The predicted octanol–water partition coefficient (Wildman–Crippen LogP) is -0.0859. The molecular weight excluding hydrogens is 298 g/mol. The van der Waals surface area contributed by atoms with Crippen LogP contribution in [0.3, 0.4) is 0 Å². The average molecular weight is 329 g/mol. The zero-order valence-electron chi connectivity index (χ0n) is 14.9. The number of likely N-dealkylation sites (N-methyl/N-ethyl adjacent to an activating group) is 1. The molecule has 0 aliphatic carbocycles. The van der Waals surface area contributed by atoms with Gasteiger partial charge in [0.2, 0.25) is 0 Å². The molecule has 1 amide bonds. The largest absolute Gasteiger partial charge is 0.450 e. The lowest BCUT2D eigenvalue weighted by molar-refractivity contribution is 0.0914. The van der Waals surface area contributed by atoms with Crippen LogP contribution in [0.2, 0.25) is 0 Å². The first-order chi connectivity index (χ1) is 11.1. The fourth-order valence-corrected chi connectivity index (χ4v) is 2.37. The molecule has 0 aromatic heterocycles. The van der Waals surface area contributed by atoms with Gasteiger partial charge in [0.25, 0.3) is 0 Å². The summed E-state index contributed by atoms with van der Waals surface area (Å²) in [4.78, 5) is 22.2. The van der Waals surface area contributed by atoms with Gasteiger partial charge >= 0.3 is 6.09 Å². The predicted molar refractivity (Wildman–Crippen MR) is 90.9 cm³/mol. The van der Waals surface area contributed by atoms with E-state index in [-0.39, 0.29) is 6.09 Å². The highest BCUT2D eigenvalue weighted by Gasteiger charge is 2.23. The van der Waals surface area contributed by atoms with Crippen molar-refractivity contribution < 1.29 is 14.3 Å². The second-order valence-electron chi connectivity index (χ2n) is 5.44. The van der Waals surface area contributed by atoms with Gasteiger partial charge in [-0.3, -0.25) is 4.99 Å². The molecule has 23 heavy (non-hydrogen) atoms. The van der Waals surface area contributed by atoms with Crippen molar-refractivity contribution in [2.24, 2.45) is 4.99 Å². The Labute approximate surface area is 139 Å². The van der Waals surface area contributed by atoms with Crippen molar-refractivity contribution in [3.8, 4) is 0 Å². The fraction of sp³-hybridized carbons (Fsp3) is 0.867. The maximum Gasteiger partial charge on any atom is 0.409 e. The van der Waals surface area contributed by atoms with Gasteiger partial charge in [-0.05, 0) is 14.0 Å². The number of hydrogen-bond donors (Lipinski definition) is 1. The number of guanidine groups is 1. The number of carbonyl (C=O) groups excluding carboxylic acids is 1. The van der Waals surface area contributed by atoms with Crippen molar-refractivity contribution in [1.82, 2.24) is 20.0 Å². The summed E-state index contributed by atoms with van der Waals surface area (Å²) in [5.41, 5.74) is 0. The normalized spacial score (nSPS) is 16.0. The minimum absolute atomic E-state index is 0.227. The summed E-state index contributed by atoms with van der Waals surface area (Å²) in [7, 11) is 5.57. The summed E-state index contributed by atoms with van der Waals surface area (Å²) in [5, 5.41) is 3.37. The molecule has 1 N–H and O–H groups in total. The molecule has 1 heterocycles. The molecule has 0 saturated carbocycles. The van der Waals surface area contributed by atoms with E-state index in [1.165, 1.54) is 0 Å². The van der Waals surface area contributed by atoms with Crippen LogP contribution < -0.4 is 5.32 Å². The van der Waals surface area contributed by atoms with Gasteiger partial charge in [-0.25, -0.2) is 4.79 Å². The first-order valence-corrected chi connectivity index (χ1v) is 8.17. The number of rotatable bonds is 7. The van der Waals surface area contributed by atoms with Crippen LogP contribution >= 0.6 is 0 Å². The lowest BCUT2D eigenvalue weighted by Gasteiger charge is -2.36. The number of nitrogens with zero attached hydrogens (tertiary/aromatic N) is 4. The number of amides is 1. The average Bonchev–Trinajstić information content (AvgIpc) is 2.57. The van der Waals surface area contributed by atoms with Crippen LogP contribution in [-0.4, -0.2) is 107 Å². The molecule has 1 saturated heterocycles. The van der Waals surface area contributed by atoms with Gasteiger partial charge in [0.05, 0.1) is 13.2 Å². The molecule has 0 aromatic rings. The van der Waals surface area contributed by atoms with E-state index in [0.29, 0.717) is 19.7 Å².